The van der Waals surface area contributed by atoms with Crippen molar-refractivity contribution in [2.75, 3.05) is 19.6 Å². The van der Waals surface area contributed by atoms with Crippen molar-refractivity contribution < 1.29 is 27.8 Å². The van der Waals surface area contributed by atoms with Gasteiger partial charge in [-0.15, -0.1) is 18.8 Å². The van der Waals surface area contributed by atoms with Gasteiger partial charge in [0.1, 0.15) is 11.4 Å². The zero-order valence-electron chi connectivity index (χ0n) is 18.1. The molecule has 0 spiro atoms. The summed E-state index contributed by atoms with van der Waals surface area (Å²) in [5.74, 6) is 2.33. The summed E-state index contributed by atoms with van der Waals surface area (Å²) in [4.78, 5) is 13.2. The second-order valence-corrected chi connectivity index (χ2v) is 7.79. The Balaban J connectivity index is 0.00000385. The van der Waals surface area contributed by atoms with Crippen molar-refractivity contribution >= 4 is 23.9 Å². The van der Waals surface area contributed by atoms with Crippen molar-refractivity contribution in [3.8, 4) is 18.1 Å². The van der Waals surface area contributed by atoms with E-state index >= 15 is 0 Å². The molecule has 2 aromatic rings. The van der Waals surface area contributed by atoms with Crippen molar-refractivity contribution in [2.45, 2.75) is 31.5 Å². The number of nitrogens with zero attached hydrogens (tertiary/aromatic N) is 1. The van der Waals surface area contributed by atoms with Crippen molar-refractivity contribution in [3.63, 3.8) is 0 Å². The molecule has 0 aliphatic carbocycles. The van der Waals surface area contributed by atoms with Crippen LogP contribution in [0.15, 0.2) is 54.6 Å². The van der Waals surface area contributed by atoms with E-state index in [0.717, 1.165) is 12.1 Å². The first-order valence-corrected chi connectivity index (χ1v) is 10.2. The number of ether oxygens (including phenoxy) is 1. The SMILES string of the molecule is C#CC1(O)CCN(CC=C(c2ccc(OC(C)=O)cc2)c2cccc(C(F)(F)F)c2)CC1.Cl. The Hall–Kier alpha value is -2.79. The summed E-state index contributed by atoms with van der Waals surface area (Å²) in [5, 5.41) is 10.2. The van der Waals surface area contributed by atoms with Gasteiger partial charge in [-0.25, -0.2) is 0 Å². The van der Waals surface area contributed by atoms with Gasteiger partial charge in [-0.3, -0.25) is 9.69 Å². The van der Waals surface area contributed by atoms with Crippen LogP contribution in [0.3, 0.4) is 0 Å². The number of halogens is 4. The molecule has 33 heavy (non-hydrogen) atoms. The second-order valence-electron chi connectivity index (χ2n) is 7.79. The summed E-state index contributed by atoms with van der Waals surface area (Å²) in [6.07, 6.45) is 3.69. The molecule has 0 aromatic heterocycles. The molecule has 1 aliphatic rings. The van der Waals surface area contributed by atoms with Gasteiger partial charge < -0.3 is 9.84 Å². The number of carbonyl (C=O) groups excluding carboxylic acids is 1. The molecular formula is C25H25ClF3NO3. The summed E-state index contributed by atoms with van der Waals surface area (Å²) in [6.45, 7) is 2.94. The number of likely N-dealkylation sites (tertiary alicyclic amines) is 1. The van der Waals surface area contributed by atoms with Crippen LogP contribution < -0.4 is 4.74 Å². The molecule has 1 N–H and O–H groups in total. The Morgan fingerprint density at radius 3 is 2.36 bits per heavy atom. The van der Waals surface area contributed by atoms with Crippen LogP contribution in [0.25, 0.3) is 5.57 Å². The Morgan fingerprint density at radius 1 is 1.18 bits per heavy atom. The fraction of sp³-hybridized carbons (Fsp3) is 0.320. The summed E-state index contributed by atoms with van der Waals surface area (Å²) in [6, 6.07) is 11.8. The molecule has 4 nitrogen and oxygen atoms in total. The number of benzene rings is 2. The maximum absolute atomic E-state index is 13.3. The highest BCUT2D eigenvalue weighted by Gasteiger charge is 2.31. The quantitative estimate of drug-likeness (QED) is 0.375. The number of carbonyl (C=O) groups is 1. The van der Waals surface area contributed by atoms with E-state index in [4.69, 9.17) is 11.2 Å². The molecule has 1 aliphatic heterocycles. The molecule has 0 bridgehead atoms. The van der Waals surface area contributed by atoms with E-state index in [9.17, 15) is 23.1 Å². The van der Waals surface area contributed by atoms with Crippen LogP contribution in [0, 0.1) is 12.3 Å². The highest BCUT2D eigenvalue weighted by molar-refractivity contribution is 5.85. The summed E-state index contributed by atoms with van der Waals surface area (Å²) < 4.78 is 44.9. The zero-order chi connectivity index (χ0) is 23.4. The summed E-state index contributed by atoms with van der Waals surface area (Å²) in [7, 11) is 0. The largest absolute Gasteiger partial charge is 0.427 e. The van der Waals surface area contributed by atoms with Gasteiger partial charge in [0.2, 0.25) is 0 Å². The van der Waals surface area contributed by atoms with Gasteiger partial charge >= 0.3 is 12.1 Å². The first kappa shape index (κ1) is 26.5. The predicted octanol–water partition coefficient (Wildman–Crippen LogP) is 4.94. The van der Waals surface area contributed by atoms with E-state index in [1.807, 2.05) is 6.08 Å². The third-order valence-corrected chi connectivity index (χ3v) is 5.43. The van der Waals surface area contributed by atoms with E-state index in [1.54, 1.807) is 30.3 Å². The fourth-order valence-electron chi connectivity index (χ4n) is 3.60. The molecule has 0 unspecified atom stereocenters. The number of alkyl halides is 3. The average molecular weight is 480 g/mol. The maximum atomic E-state index is 13.3. The van der Waals surface area contributed by atoms with Crippen LogP contribution in [0.5, 0.6) is 5.75 Å². The minimum absolute atomic E-state index is 0. The number of rotatable bonds is 5. The van der Waals surface area contributed by atoms with Gasteiger partial charge in [0.25, 0.3) is 0 Å². The lowest BCUT2D eigenvalue weighted by atomic mass is 9.92. The molecule has 0 atom stereocenters. The van der Waals surface area contributed by atoms with Crippen molar-refractivity contribution in [1.29, 1.82) is 0 Å². The minimum atomic E-state index is -4.45. The molecule has 176 valence electrons. The molecule has 8 heteroatoms. The van der Waals surface area contributed by atoms with Gasteiger partial charge in [-0.2, -0.15) is 13.2 Å². The number of hydrogen-bond acceptors (Lipinski definition) is 4. The minimum Gasteiger partial charge on any atom is -0.427 e. The first-order valence-electron chi connectivity index (χ1n) is 10.2. The number of piperidine rings is 1. The number of esters is 1. The molecule has 3 rings (SSSR count). The summed E-state index contributed by atoms with van der Waals surface area (Å²) in [5.41, 5.74) is -0.0799. The maximum Gasteiger partial charge on any atom is 0.416 e. The van der Waals surface area contributed by atoms with Crippen LogP contribution >= 0.6 is 12.4 Å². The molecule has 1 saturated heterocycles. The second kappa shape index (κ2) is 10.9. The van der Waals surface area contributed by atoms with Crippen LogP contribution in [0.1, 0.15) is 36.5 Å². The fourth-order valence-corrected chi connectivity index (χ4v) is 3.60. The molecule has 0 amide bonds. The molecular weight excluding hydrogens is 455 g/mol. The van der Waals surface area contributed by atoms with E-state index in [1.165, 1.54) is 13.0 Å². The van der Waals surface area contributed by atoms with Crippen LogP contribution in [-0.4, -0.2) is 41.2 Å². The third kappa shape index (κ3) is 7.10. The Bertz CT molecular complexity index is 1030. The van der Waals surface area contributed by atoms with Crippen molar-refractivity contribution in [1.82, 2.24) is 4.90 Å². The molecule has 1 heterocycles. The monoisotopic (exact) mass is 479 g/mol. The lowest BCUT2D eigenvalue weighted by Crippen LogP contribution is -2.43. The number of aliphatic hydroxyl groups is 1. The van der Waals surface area contributed by atoms with Gasteiger partial charge in [0.05, 0.1) is 5.56 Å². The van der Waals surface area contributed by atoms with Crippen LogP contribution in [-0.2, 0) is 11.0 Å². The van der Waals surface area contributed by atoms with Crippen LogP contribution in [0.4, 0.5) is 13.2 Å². The van der Waals surface area contributed by atoms with Crippen molar-refractivity contribution in [3.05, 3.63) is 71.3 Å². The summed E-state index contributed by atoms with van der Waals surface area (Å²) >= 11 is 0. The Morgan fingerprint density at radius 2 is 1.82 bits per heavy atom. The number of terminal acetylenes is 1. The normalized spacial score (nSPS) is 16.4. The van der Waals surface area contributed by atoms with Gasteiger partial charge in [-0.05, 0) is 41.0 Å². The van der Waals surface area contributed by atoms with Gasteiger partial charge in [0, 0.05) is 39.4 Å². The smallest absolute Gasteiger partial charge is 0.416 e. The molecule has 1 fully saturated rings. The highest BCUT2D eigenvalue weighted by Crippen LogP contribution is 2.33. The van der Waals surface area contributed by atoms with Gasteiger partial charge in [-0.1, -0.05) is 36.3 Å². The topological polar surface area (TPSA) is 49.8 Å². The van der Waals surface area contributed by atoms with Crippen LogP contribution in [0.2, 0.25) is 0 Å². The Kier molecular flexibility index (Phi) is 8.73. The third-order valence-electron chi connectivity index (χ3n) is 5.43. The zero-order valence-corrected chi connectivity index (χ0v) is 18.9. The van der Waals surface area contributed by atoms with Gasteiger partial charge in [0.15, 0.2) is 0 Å². The van der Waals surface area contributed by atoms with E-state index in [-0.39, 0.29) is 12.4 Å². The Labute approximate surface area is 197 Å². The van der Waals surface area contributed by atoms with Crippen molar-refractivity contribution in [2.24, 2.45) is 0 Å². The first-order chi connectivity index (χ1) is 15.1. The molecule has 0 saturated carbocycles. The molecule has 2 aromatic carbocycles. The van der Waals surface area contributed by atoms with E-state index in [0.29, 0.717) is 54.9 Å². The standard InChI is InChI=1S/C25H24F3NO3.ClH/c1-3-24(31)12-15-29(16-13-24)14-11-23(19-7-9-22(10-8-19)32-18(2)30)20-5-4-6-21(17-20)25(26,27)28;/h1,4-11,17,31H,12-16H2,2H3;1H. The lowest BCUT2D eigenvalue weighted by Gasteiger charge is -2.34. The molecule has 0 radical (unpaired) electrons. The van der Waals surface area contributed by atoms with E-state index < -0.39 is 23.3 Å². The lowest BCUT2D eigenvalue weighted by molar-refractivity contribution is -0.137. The average Bonchev–Trinajstić information content (AvgIpc) is 2.75. The highest BCUT2D eigenvalue weighted by atomic mass is 35.5. The number of hydrogen-bond donors (Lipinski definition) is 1. The van der Waals surface area contributed by atoms with E-state index in [2.05, 4.69) is 10.8 Å². The predicted molar refractivity (Wildman–Crippen MR) is 123 cm³/mol.